The highest BCUT2D eigenvalue weighted by Gasteiger charge is 2.06. The van der Waals surface area contributed by atoms with E-state index >= 15 is 0 Å². The summed E-state index contributed by atoms with van der Waals surface area (Å²) in [6, 6.07) is 10.0. The normalized spacial score (nSPS) is 11.9. The fourth-order valence-corrected chi connectivity index (χ4v) is 1.90. The van der Waals surface area contributed by atoms with Crippen molar-refractivity contribution in [3.63, 3.8) is 0 Å². The van der Waals surface area contributed by atoms with Gasteiger partial charge in [-0.3, -0.25) is 4.79 Å². The molecule has 1 unspecified atom stereocenters. The lowest BCUT2D eigenvalue weighted by molar-refractivity contribution is -0.145. The minimum Gasteiger partial charge on any atom is -0.465 e. The molecule has 19 heavy (non-hydrogen) atoms. The van der Waals surface area contributed by atoms with Crippen LogP contribution in [0.4, 0.5) is 5.69 Å². The lowest BCUT2D eigenvalue weighted by Crippen LogP contribution is -2.13. The summed E-state index contributed by atoms with van der Waals surface area (Å²) in [6.45, 7) is 5.61. The summed E-state index contributed by atoms with van der Waals surface area (Å²) in [5.41, 5.74) is 1.09. The van der Waals surface area contributed by atoms with Gasteiger partial charge in [0.05, 0.1) is 6.61 Å². The lowest BCUT2D eigenvalue weighted by atomic mass is 10.1. The van der Waals surface area contributed by atoms with Gasteiger partial charge in [-0.25, -0.2) is 0 Å². The summed E-state index contributed by atoms with van der Waals surface area (Å²) in [4.78, 5) is 11.5. The smallest absolute Gasteiger partial charge is 0.305 e. The number of para-hydroxylation sites is 1. The van der Waals surface area contributed by atoms with Crippen molar-refractivity contribution in [2.45, 2.75) is 39.5 Å². The fourth-order valence-electron chi connectivity index (χ4n) is 1.90. The maximum absolute atomic E-state index is 11.5. The number of carbonyl (C=O) groups is 1. The minimum atomic E-state index is -0.0854. The van der Waals surface area contributed by atoms with E-state index in [1.54, 1.807) is 0 Å². The Morgan fingerprint density at radius 3 is 2.74 bits per heavy atom. The second-order valence-electron chi connectivity index (χ2n) is 4.97. The van der Waals surface area contributed by atoms with Gasteiger partial charge in [-0.2, -0.15) is 0 Å². The highest BCUT2D eigenvalue weighted by Crippen LogP contribution is 2.07. The van der Waals surface area contributed by atoms with E-state index in [0.717, 1.165) is 31.5 Å². The van der Waals surface area contributed by atoms with Crippen LogP contribution in [0.2, 0.25) is 0 Å². The van der Waals surface area contributed by atoms with Gasteiger partial charge < -0.3 is 10.1 Å². The first-order valence-electron chi connectivity index (χ1n) is 7.17. The highest BCUT2D eigenvalue weighted by molar-refractivity contribution is 5.69. The van der Waals surface area contributed by atoms with Crippen molar-refractivity contribution in [3.05, 3.63) is 30.3 Å². The third-order valence-electron chi connectivity index (χ3n) is 2.97. The molecule has 1 rings (SSSR count). The van der Waals surface area contributed by atoms with Gasteiger partial charge >= 0.3 is 5.97 Å². The van der Waals surface area contributed by atoms with Crippen LogP contribution >= 0.6 is 0 Å². The zero-order valence-corrected chi connectivity index (χ0v) is 12.0. The van der Waals surface area contributed by atoms with Crippen molar-refractivity contribution in [1.82, 2.24) is 0 Å². The Morgan fingerprint density at radius 2 is 2.05 bits per heavy atom. The molecule has 3 nitrogen and oxygen atoms in total. The molecule has 1 aromatic rings. The van der Waals surface area contributed by atoms with Crippen molar-refractivity contribution in [1.29, 1.82) is 0 Å². The van der Waals surface area contributed by atoms with Crippen molar-refractivity contribution in [3.8, 4) is 0 Å². The van der Waals surface area contributed by atoms with E-state index in [9.17, 15) is 4.79 Å². The van der Waals surface area contributed by atoms with Crippen molar-refractivity contribution < 1.29 is 9.53 Å². The number of hydrogen-bond donors (Lipinski definition) is 1. The van der Waals surface area contributed by atoms with Gasteiger partial charge in [-0.15, -0.1) is 0 Å². The number of benzene rings is 1. The molecule has 0 spiro atoms. The standard InChI is InChI=1S/C16H25NO2/c1-3-8-14(2)13-19-16(18)11-7-12-17-15-9-5-4-6-10-15/h4-6,9-10,14,17H,3,7-8,11-13H2,1-2H3. The Labute approximate surface area is 116 Å². The molecular weight excluding hydrogens is 238 g/mol. The second-order valence-corrected chi connectivity index (χ2v) is 4.97. The number of hydrogen-bond acceptors (Lipinski definition) is 3. The maximum atomic E-state index is 11.5. The first kappa shape index (κ1) is 15.5. The van der Waals surface area contributed by atoms with Gasteiger partial charge in [0, 0.05) is 18.7 Å². The summed E-state index contributed by atoms with van der Waals surface area (Å²) in [7, 11) is 0. The third kappa shape index (κ3) is 7.50. The molecule has 0 saturated heterocycles. The largest absolute Gasteiger partial charge is 0.465 e. The van der Waals surface area contributed by atoms with Crippen LogP contribution in [-0.4, -0.2) is 19.1 Å². The highest BCUT2D eigenvalue weighted by atomic mass is 16.5. The zero-order valence-electron chi connectivity index (χ0n) is 12.0. The van der Waals surface area contributed by atoms with Crippen molar-refractivity contribution in [2.75, 3.05) is 18.5 Å². The van der Waals surface area contributed by atoms with E-state index in [0.29, 0.717) is 18.9 Å². The molecule has 0 aliphatic carbocycles. The van der Waals surface area contributed by atoms with Crippen LogP contribution in [0.5, 0.6) is 0 Å². The van der Waals surface area contributed by atoms with Crippen LogP contribution in [-0.2, 0) is 9.53 Å². The zero-order chi connectivity index (χ0) is 13.9. The number of rotatable bonds is 9. The number of carbonyl (C=O) groups excluding carboxylic acids is 1. The Kier molecular flexibility index (Phi) is 7.71. The molecule has 106 valence electrons. The molecular formula is C16H25NO2. The molecule has 0 aromatic heterocycles. The first-order valence-corrected chi connectivity index (χ1v) is 7.17. The molecule has 0 aliphatic rings. The number of esters is 1. The Balaban J connectivity index is 2.04. The molecule has 0 aliphatic heterocycles. The molecule has 0 amide bonds. The van der Waals surface area contributed by atoms with Crippen LogP contribution in [0, 0.1) is 5.92 Å². The Hall–Kier alpha value is -1.51. The molecule has 1 N–H and O–H groups in total. The fraction of sp³-hybridized carbons (Fsp3) is 0.562. The monoisotopic (exact) mass is 263 g/mol. The van der Waals surface area contributed by atoms with E-state index in [-0.39, 0.29) is 5.97 Å². The Bertz CT molecular complexity index is 351. The summed E-state index contributed by atoms with van der Waals surface area (Å²) >= 11 is 0. The van der Waals surface area contributed by atoms with Crippen molar-refractivity contribution in [2.24, 2.45) is 5.92 Å². The molecule has 3 heteroatoms. The van der Waals surface area contributed by atoms with Gasteiger partial charge in [-0.05, 0) is 30.9 Å². The minimum absolute atomic E-state index is 0.0854. The van der Waals surface area contributed by atoms with E-state index in [2.05, 4.69) is 19.2 Å². The lowest BCUT2D eigenvalue weighted by Gasteiger charge is -2.11. The van der Waals surface area contributed by atoms with E-state index in [1.807, 2.05) is 30.3 Å². The SMILES string of the molecule is CCCC(C)COC(=O)CCCNc1ccccc1. The number of nitrogens with one attached hydrogen (secondary N) is 1. The molecule has 0 saturated carbocycles. The van der Waals surface area contributed by atoms with E-state index < -0.39 is 0 Å². The molecule has 0 radical (unpaired) electrons. The van der Waals surface area contributed by atoms with Crippen LogP contribution in [0.25, 0.3) is 0 Å². The average Bonchev–Trinajstić information content (AvgIpc) is 2.43. The predicted octanol–water partition coefficient (Wildman–Crippen LogP) is 3.86. The van der Waals surface area contributed by atoms with E-state index in [1.165, 1.54) is 0 Å². The van der Waals surface area contributed by atoms with Gasteiger partial charge in [-0.1, -0.05) is 38.5 Å². The third-order valence-corrected chi connectivity index (χ3v) is 2.97. The van der Waals surface area contributed by atoms with Crippen LogP contribution in [0.3, 0.4) is 0 Å². The quantitative estimate of drug-likeness (QED) is 0.543. The molecule has 1 atom stereocenters. The first-order chi connectivity index (χ1) is 9.22. The number of ether oxygens (including phenoxy) is 1. The van der Waals surface area contributed by atoms with Crippen LogP contribution < -0.4 is 5.32 Å². The van der Waals surface area contributed by atoms with Crippen LogP contribution in [0.1, 0.15) is 39.5 Å². The summed E-state index contributed by atoms with van der Waals surface area (Å²) in [5.74, 6) is 0.384. The molecule has 0 fully saturated rings. The van der Waals surface area contributed by atoms with Gasteiger partial charge in [0.25, 0.3) is 0 Å². The van der Waals surface area contributed by atoms with Gasteiger partial charge in [0.2, 0.25) is 0 Å². The van der Waals surface area contributed by atoms with Crippen molar-refractivity contribution >= 4 is 11.7 Å². The topological polar surface area (TPSA) is 38.3 Å². The maximum Gasteiger partial charge on any atom is 0.305 e. The van der Waals surface area contributed by atoms with Crippen LogP contribution in [0.15, 0.2) is 30.3 Å². The summed E-state index contributed by atoms with van der Waals surface area (Å²) in [6.07, 6.45) is 3.54. The number of anilines is 1. The Morgan fingerprint density at radius 1 is 1.32 bits per heavy atom. The molecule has 0 heterocycles. The predicted molar refractivity (Wildman–Crippen MR) is 79.2 cm³/mol. The second kappa shape index (κ2) is 9.42. The molecule has 0 bridgehead atoms. The summed E-state index contributed by atoms with van der Waals surface area (Å²) in [5, 5.41) is 3.28. The van der Waals surface area contributed by atoms with Gasteiger partial charge in [0.15, 0.2) is 0 Å². The van der Waals surface area contributed by atoms with E-state index in [4.69, 9.17) is 4.74 Å². The molecule has 1 aromatic carbocycles. The average molecular weight is 263 g/mol. The summed E-state index contributed by atoms with van der Waals surface area (Å²) < 4.78 is 5.24. The van der Waals surface area contributed by atoms with Gasteiger partial charge in [0.1, 0.15) is 0 Å².